The Morgan fingerprint density at radius 2 is 1.90 bits per heavy atom. The molecule has 0 atom stereocenters. The fourth-order valence-electron chi connectivity index (χ4n) is 3.33. The minimum absolute atomic E-state index is 0.0125. The summed E-state index contributed by atoms with van der Waals surface area (Å²) in [5.74, 6) is 0.233. The fourth-order valence-corrected chi connectivity index (χ4v) is 4.73. The summed E-state index contributed by atoms with van der Waals surface area (Å²) in [6, 6.07) is 12.7. The number of halogens is 1. The summed E-state index contributed by atoms with van der Waals surface area (Å²) in [5, 5.41) is 0.198. The molecule has 30 heavy (non-hydrogen) atoms. The van der Waals surface area contributed by atoms with E-state index in [1.54, 1.807) is 41.6 Å². The molecule has 0 saturated carbocycles. The molecule has 3 aromatic rings. The zero-order valence-corrected chi connectivity index (χ0v) is 17.6. The van der Waals surface area contributed by atoms with Gasteiger partial charge in [0, 0.05) is 30.2 Å². The van der Waals surface area contributed by atoms with Crippen LogP contribution in [0.1, 0.15) is 15.9 Å². The number of carbonyl (C=O) groups excluding carboxylic acids is 1. The number of fused-ring (bicyclic) bond motifs is 1. The van der Waals surface area contributed by atoms with E-state index >= 15 is 0 Å². The minimum Gasteiger partial charge on any atom is -0.495 e. The Hall–Kier alpha value is -3.10. The summed E-state index contributed by atoms with van der Waals surface area (Å²) in [5.41, 5.74) is 2.55. The predicted molar refractivity (Wildman–Crippen MR) is 115 cm³/mol. The Morgan fingerprint density at radius 3 is 2.60 bits per heavy atom. The fraction of sp³-hybridized carbons (Fsp3) is 0.143. The van der Waals surface area contributed by atoms with Gasteiger partial charge in [0.25, 0.3) is 15.9 Å². The highest BCUT2D eigenvalue weighted by Crippen LogP contribution is 2.33. The molecule has 2 heterocycles. The summed E-state index contributed by atoms with van der Waals surface area (Å²) in [7, 11) is -2.41. The molecule has 0 spiro atoms. The first-order valence-corrected chi connectivity index (χ1v) is 11.0. The highest BCUT2D eigenvalue weighted by molar-refractivity contribution is 7.92. The zero-order chi connectivity index (χ0) is 21.3. The van der Waals surface area contributed by atoms with Gasteiger partial charge in [0.1, 0.15) is 5.75 Å². The lowest BCUT2D eigenvalue weighted by Crippen LogP contribution is -2.28. The van der Waals surface area contributed by atoms with Gasteiger partial charge < -0.3 is 9.64 Å². The van der Waals surface area contributed by atoms with Crippen molar-refractivity contribution in [1.29, 1.82) is 0 Å². The number of aromatic nitrogens is 1. The second-order valence-electron chi connectivity index (χ2n) is 6.69. The third kappa shape index (κ3) is 3.83. The smallest absolute Gasteiger partial charge is 0.261 e. The standard InChI is InChI=1S/C21H18ClN3O4S/c1-29-20-5-4-17(13-18(20)22)30(27,28)24-16-3-2-14-8-11-25(19(14)12-16)21(26)15-6-9-23-10-7-15/h2-7,9-10,12-13,24H,8,11H2,1H3. The number of anilines is 2. The SMILES string of the molecule is COc1ccc(S(=O)(=O)Nc2ccc3c(c2)N(C(=O)c2ccncc2)CC3)cc1Cl. The van der Waals surface area contributed by atoms with Gasteiger partial charge in [0.05, 0.1) is 22.7 Å². The summed E-state index contributed by atoms with van der Waals surface area (Å²) in [6.07, 6.45) is 3.83. The maximum absolute atomic E-state index is 12.9. The Morgan fingerprint density at radius 1 is 1.13 bits per heavy atom. The number of hydrogen-bond acceptors (Lipinski definition) is 5. The number of methoxy groups -OCH3 is 1. The molecule has 0 aliphatic carbocycles. The maximum Gasteiger partial charge on any atom is 0.261 e. The third-order valence-corrected chi connectivity index (χ3v) is 6.51. The number of rotatable bonds is 5. The van der Waals surface area contributed by atoms with Crippen molar-refractivity contribution in [3.05, 3.63) is 77.1 Å². The molecule has 2 aromatic carbocycles. The van der Waals surface area contributed by atoms with E-state index in [0.29, 0.717) is 35.7 Å². The van der Waals surface area contributed by atoms with Crippen LogP contribution in [0.3, 0.4) is 0 Å². The highest BCUT2D eigenvalue weighted by atomic mass is 35.5. The van der Waals surface area contributed by atoms with E-state index in [1.165, 1.54) is 25.3 Å². The molecular weight excluding hydrogens is 426 g/mol. The van der Waals surface area contributed by atoms with Gasteiger partial charge in [0.2, 0.25) is 0 Å². The molecule has 9 heteroatoms. The second-order valence-corrected chi connectivity index (χ2v) is 8.78. The largest absolute Gasteiger partial charge is 0.495 e. The van der Waals surface area contributed by atoms with Crippen LogP contribution in [0, 0.1) is 0 Å². The normalized spacial score (nSPS) is 13.1. The first-order valence-electron chi connectivity index (χ1n) is 9.10. The molecule has 0 bridgehead atoms. The van der Waals surface area contributed by atoms with Gasteiger partial charge >= 0.3 is 0 Å². The monoisotopic (exact) mass is 443 g/mol. The summed E-state index contributed by atoms with van der Waals surface area (Å²) >= 11 is 6.06. The van der Waals surface area contributed by atoms with Gasteiger partial charge in [-0.15, -0.1) is 0 Å². The molecule has 0 fully saturated rings. The Labute approximate surface area is 179 Å². The molecule has 7 nitrogen and oxygen atoms in total. The highest BCUT2D eigenvalue weighted by Gasteiger charge is 2.26. The van der Waals surface area contributed by atoms with E-state index in [2.05, 4.69) is 9.71 Å². The molecule has 4 rings (SSSR count). The van der Waals surface area contributed by atoms with Crippen LogP contribution >= 0.6 is 11.6 Å². The molecule has 1 N–H and O–H groups in total. The first kappa shape index (κ1) is 20.2. The van der Waals surface area contributed by atoms with Crippen molar-refractivity contribution in [3.63, 3.8) is 0 Å². The average Bonchev–Trinajstić information content (AvgIpc) is 3.16. The zero-order valence-electron chi connectivity index (χ0n) is 16.0. The Bertz CT molecular complexity index is 1220. The van der Waals surface area contributed by atoms with Gasteiger partial charge in [-0.25, -0.2) is 8.42 Å². The third-order valence-electron chi connectivity index (χ3n) is 4.84. The van der Waals surface area contributed by atoms with Crippen LogP contribution in [0.25, 0.3) is 0 Å². The van der Waals surface area contributed by atoms with Gasteiger partial charge in [0.15, 0.2) is 0 Å². The number of ether oxygens (including phenoxy) is 1. The Balaban J connectivity index is 1.61. The lowest BCUT2D eigenvalue weighted by Gasteiger charge is -2.18. The van der Waals surface area contributed by atoms with Crippen LogP contribution < -0.4 is 14.4 Å². The number of nitrogens with one attached hydrogen (secondary N) is 1. The number of carbonyl (C=O) groups is 1. The van der Waals surface area contributed by atoms with Crippen LogP contribution in [0.4, 0.5) is 11.4 Å². The average molecular weight is 444 g/mol. The number of nitrogens with zero attached hydrogens (tertiary/aromatic N) is 2. The first-order chi connectivity index (χ1) is 14.4. The van der Waals surface area contributed by atoms with Gasteiger partial charge in [-0.2, -0.15) is 0 Å². The van der Waals surface area contributed by atoms with E-state index in [1.807, 2.05) is 6.07 Å². The number of pyridine rings is 1. The van der Waals surface area contributed by atoms with Crippen molar-refractivity contribution in [3.8, 4) is 5.75 Å². The van der Waals surface area contributed by atoms with E-state index in [-0.39, 0.29) is 15.8 Å². The van der Waals surface area contributed by atoms with Crippen molar-refractivity contribution in [2.45, 2.75) is 11.3 Å². The molecule has 0 unspecified atom stereocenters. The number of hydrogen-bond donors (Lipinski definition) is 1. The van der Waals surface area contributed by atoms with Crippen molar-refractivity contribution >= 4 is 38.9 Å². The molecule has 1 aliphatic heterocycles. The van der Waals surface area contributed by atoms with E-state index in [4.69, 9.17) is 16.3 Å². The summed E-state index contributed by atoms with van der Waals surface area (Å²) in [4.78, 5) is 18.5. The van der Waals surface area contributed by atoms with Crippen LogP contribution in [0.15, 0.2) is 65.8 Å². The van der Waals surface area contributed by atoms with Gasteiger partial charge in [-0.05, 0) is 54.4 Å². The topological polar surface area (TPSA) is 88.6 Å². The van der Waals surface area contributed by atoms with Crippen LogP contribution in [-0.4, -0.2) is 33.0 Å². The van der Waals surface area contributed by atoms with Crippen LogP contribution in [0.5, 0.6) is 5.75 Å². The van der Waals surface area contributed by atoms with E-state index in [0.717, 1.165) is 5.56 Å². The summed E-state index contributed by atoms with van der Waals surface area (Å²) < 4.78 is 33.2. The predicted octanol–water partition coefficient (Wildman–Crippen LogP) is 3.75. The quantitative estimate of drug-likeness (QED) is 0.648. The maximum atomic E-state index is 12.9. The molecule has 0 saturated heterocycles. The number of benzene rings is 2. The van der Waals surface area contributed by atoms with Crippen molar-refractivity contribution in [1.82, 2.24) is 4.98 Å². The van der Waals surface area contributed by atoms with Crippen molar-refractivity contribution < 1.29 is 17.9 Å². The molecule has 0 radical (unpaired) electrons. The van der Waals surface area contributed by atoms with Crippen LogP contribution in [0.2, 0.25) is 5.02 Å². The lowest BCUT2D eigenvalue weighted by atomic mass is 10.1. The minimum atomic E-state index is -3.87. The molecule has 154 valence electrons. The van der Waals surface area contributed by atoms with E-state index < -0.39 is 10.0 Å². The van der Waals surface area contributed by atoms with Crippen molar-refractivity contribution in [2.24, 2.45) is 0 Å². The van der Waals surface area contributed by atoms with Crippen LogP contribution in [-0.2, 0) is 16.4 Å². The summed E-state index contributed by atoms with van der Waals surface area (Å²) in [6.45, 7) is 0.529. The molecule has 1 aliphatic rings. The van der Waals surface area contributed by atoms with E-state index in [9.17, 15) is 13.2 Å². The Kier molecular flexibility index (Phi) is 5.36. The van der Waals surface area contributed by atoms with Crippen molar-refractivity contribution in [2.75, 3.05) is 23.3 Å². The lowest BCUT2D eigenvalue weighted by molar-refractivity contribution is 0.0989. The second kappa shape index (κ2) is 7.97. The van der Waals surface area contributed by atoms with Gasteiger partial charge in [-0.1, -0.05) is 17.7 Å². The molecular formula is C21H18ClN3O4S. The van der Waals surface area contributed by atoms with Gasteiger partial charge in [-0.3, -0.25) is 14.5 Å². The molecule has 1 aromatic heterocycles. The number of sulfonamides is 1. The molecule has 1 amide bonds. The number of amides is 1.